The number of hydrogen-bond donors (Lipinski definition) is 2. The number of aromatic nitrogens is 2. The Morgan fingerprint density at radius 2 is 1.93 bits per heavy atom. The van der Waals surface area contributed by atoms with Gasteiger partial charge in [0.15, 0.2) is 0 Å². The van der Waals surface area contributed by atoms with Gasteiger partial charge in [-0.25, -0.2) is 0 Å². The number of hydrogen-bond acceptors (Lipinski definition) is 5. The Morgan fingerprint density at radius 3 is 2.63 bits per heavy atom. The third kappa shape index (κ3) is 5.51. The van der Waals surface area contributed by atoms with E-state index in [1.165, 1.54) is 0 Å². The highest BCUT2D eigenvalue weighted by Gasteiger charge is 2.27. The summed E-state index contributed by atoms with van der Waals surface area (Å²) in [5, 5.41) is 6.27. The number of pyridine rings is 2. The standard InChI is InChI=1S/C20H25N5O2/c26-19(24-12-4-11-22-17-5-3-9-21-15-17)16-7-13-25(14-8-16)20(27)18-6-1-2-10-23-18/h1-3,5-6,9-10,15-16,22H,4,7-8,11-14H2,(H,24,26). The number of nitrogens with zero attached hydrogens (tertiary/aromatic N) is 3. The van der Waals surface area contributed by atoms with E-state index in [0.29, 0.717) is 38.2 Å². The second-order valence-electron chi connectivity index (χ2n) is 6.59. The number of carbonyl (C=O) groups is 2. The molecular weight excluding hydrogens is 342 g/mol. The lowest BCUT2D eigenvalue weighted by molar-refractivity contribution is -0.126. The van der Waals surface area contributed by atoms with E-state index < -0.39 is 0 Å². The molecule has 27 heavy (non-hydrogen) atoms. The SMILES string of the molecule is O=C(NCCCNc1cccnc1)C1CCN(C(=O)c2ccccn2)CC1. The zero-order chi connectivity index (χ0) is 18.9. The fraction of sp³-hybridized carbons (Fsp3) is 0.400. The first-order chi connectivity index (χ1) is 13.2. The van der Waals surface area contributed by atoms with Crippen molar-refractivity contribution in [2.24, 2.45) is 5.92 Å². The van der Waals surface area contributed by atoms with Gasteiger partial charge in [0.25, 0.3) is 5.91 Å². The van der Waals surface area contributed by atoms with Gasteiger partial charge in [0.2, 0.25) is 5.91 Å². The van der Waals surface area contributed by atoms with E-state index in [0.717, 1.165) is 18.7 Å². The van der Waals surface area contributed by atoms with Crippen LogP contribution < -0.4 is 10.6 Å². The van der Waals surface area contributed by atoms with Gasteiger partial charge in [-0.2, -0.15) is 0 Å². The minimum atomic E-state index is -0.0593. The third-order valence-electron chi connectivity index (χ3n) is 4.68. The van der Waals surface area contributed by atoms with E-state index >= 15 is 0 Å². The molecule has 0 saturated carbocycles. The number of piperidine rings is 1. The molecule has 3 rings (SSSR count). The molecule has 2 aromatic rings. The van der Waals surface area contributed by atoms with E-state index in [2.05, 4.69) is 20.6 Å². The van der Waals surface area contributed by atoms with Crippen LogP contribution in [0, 0.1) is 5.92 Å². The van der Waals surface area contributed by atoms with Gasteiger partial charge >= 0.3 is 0 Å². The number of amides is 2. The van der Waals surface area contributed by atoms with Crippen molar-refractivity contribution in [3.8, 4) is 0 Å². The van der Waals surface area contributed by atoms with Crippen LogP contribution in [-0.2, 0) is 4.79 Å². The van der Waals surface area contributed by atoms with Crippen LogP contribution >= 0.6 is 0 Å². The summed E-state index contributed by atoms with van der Waals surface area (Å²) in [5.41, 5.74) is 1.44. The largest absolute Gasteiger partial charge is 0.384 e. The molecule has 1 aliphatic rings. The first-order valence-electron chi connectivity index (χ1n) is 9.36. The molecule has 0 atom stereocenters. The van der Waals surface area contributed by atoms with Crippen LogP contribution in [0.1, 0.15) is 29.8 Å². The Bertz CT molecular complexity index is 731. The van der Waals surface area contributed by atoms with Crippen molar-refractivity contribution in [3.05, 3.63) is 54.6 Å². The summed E-state index contributed by atoms with van der Waals surface area (Å²) in [6.07, 6.45) is 7.37. The summed E-state index contributed by atoms with van der Waals surface area (Å²) in [7, 11) is 0. The van der Waals surface area contributed by atoms with Gasteiger partial charge in [0.1, 0.15) is 5.69 Å². The van der Waals surface area contributed by atoms with Gasteiger partial charge in [-0.05, 0) is 43.5 Å². The first kappa shape index (κ1) is 18.8. The molecule has 0 radical (unpaired) electrons. The number of nitrogens with one attached hydrogen (secondary N) is 2. The summed E-state index contributed by atoms with van der Waals surface area (Å²) in [6, 6.07) is 9.17. The summed E-state index contributed by atoms with van der Waals surface area (Å²) in [6.45, 7) is 2.61. The van der Waals surface area contributed by atoms with Crippen molar-refractivity contribution >= 4 is 17.5 Å². The summed E-state index contributed by atoms with van der Waals surface area (Å²) < 4.78 is 0. The summed E-state index contributed by atoms with van der Waals surface area (Å²) in [5.74, 6) is 0.00122. The van der Waals surface area contributed by atoms with E-state index in [1.807, 2.05) is 18.2 Å². The maximum absolute atomic E-state index is 12.4. The predicted molar refractivity (Wildman–Crippen MR) is 103 cm³/mol. The average Bonchev–Trinajstić information content (AvgIpc) is 2.74. The van der Waals surface area contributed by atoms with Gasteiger partial charge in [0.05, 0.1) is 5.69 Å². The van der Waals surface area contributed by atoms with Crippen LogP contribution in [0.5, 0.6) is 0 Å². The number of anilines is 1. The maximum Gasteiger partial charge on any atom is 0.272 e. The molecule has 2 N–H and O–H groups in total. The lowest BCUT2D eigenvalue weighted by atomic mass is 9.95. The molecule has 7 nitrogen and oxygen atoms in total. The topological polar surface area (TPSA) is 87.2 Å². The Hall–Kier alpha value is -2.96. The van der Waals surface area contributed by atoms with Gasteiger partial charge < -0.3 is 15.5 Å². The maximum atomic E-state index is 12.4. The number of rotatable bonds is 7. The van der Waals surface area contributed by atoms with Crippen LogP contribution in [0.2, 0.25) is 0 Å². The van der Waals surface area contributed by atoms with Crippen molar-refractivity contribution in [2.45, 2.75) is 19.3 Å². The van der Waals surface area contributed by atoms with Crippen LogP contribution in [-0.4, -0.2) is 52.9 Å². The molecule has 0 unspecified atom stereocenters. The van der Waals surface area contributed by atoms with E-state index in [4.69, 9.17) is 0 Å². The fourth-order valence-corrected chi connectivity index (χ4v) is 3.14. The van der Waals surface area contributed by atoms with E-state index in [9.17, 15) is 9.59 Å². The molecular formula is C20H25N5O2. The molecule has 0 aromatic carbocycles. The highest BCUT2D eigenvalue weighted by Crippen LogP contribution is 2.18. The molecule has 1 saturated heterocycles. The number of carbonyl (C=O) groups excluding carboxylic acids is 2. The third-order valence-corrected chi connectivity index (χ3v) is 4.68. The minimum Gasteiger partial charge on any atom is -0.384 e. The van der Waals surface area contributed by atoms with E-state index in [-0.39, 0.29) is 17.7 Å². The van der Waals surface area contributed by atoms with Gasteiger partial charge in [-0.3, -0.25) is 19.6 Å². The summed E-state index contributed by atoms with van der Waals surface area (Å²) in [4.78, 5) is 34.6. The van der Waals surface area contributed by atoms with Crippen LogP contribution in [0.25, 0.3) is 0 Å². The lowest BCUT2D eigenvalue weighted by Crippen LogP contribution is -2.43. The zero-order valence-corrected chi connectivity index (χ0v) is 15.3. The second-order valence-corrected chi connectivity index (χ2v) is 6.59. The normalized spacial score (nSPS) is 14.6. The summed E-state index contributed by atoms with van der Waals surface area (Å²) >= 11 is 0. The quantitative estimate of drug-likeness (QED) is 0.731. The van der Waals surface area contributed by atoms with Crippen molar-refractivity contribution in [3.63, 3.8) is 0 Å². The molecule has 0 bridgehead atoms. The molecule has 7 heteroatoms. The number of likely N-dealkylation sites (tertiary alicyclic amines) is 1. The van der Waals surface area contributed by atoms with Gasteiger partial charge in [0, 0.05) is 50.7 Å². The molecule has 0 aliphatic carbocycles. The molecule has 3 heterocycles. The first-order valence-corrected chi connectivity index (χ1v) is 9.36. The van der Waals surface area contributed by atoms with Crippen molar-refractivity contribution in [1.82, 2.24) is 20.2 Å². The van der Waals surface area contributed by atoms with Crippen LogP contribution in [0.3, 0.4) is 0 Å². The van der Waals surface area contributed by atoms with Crippen LogP contribution in [0.4, 0.5) is 5.69 Å². The minimum absolute atomic E-state index is 0.0240. The predicted octanol–water partition coefficient (Wildman–Crippen LogP) is 1.95. The molecule has 2 amide bonds. The van der Waals surface area contributed by atoms with E-state index in [1.54, 1.807) is 35.6 Å². The Kier molecular flexibility index (Phi) is 6.73. The molecule has 0 spiro atoms. The highest BCUT2D eigenvalue weighted by molar-refractivity contribution is 5.92. The Labute approximate surface area is 159 Å². The monoisotopic (exact) mass is 367 g/mol. The molecule has 2 aromatic heterocycles. The molecule has 1 fully saturated rings. The van der Waals surface area contributed by atoms with Crippen LogP contribution in [0.15, 0.2) is 48.9 Å². The Balaban J connectivity index is 1.33. The molecule has 142 valence electrons. The van der Waals surface area contributed by atoms with Gasteiger partial charge in [-0.1, -0.05) is 6.07 Å². The Morgan fingerprint density at radius 1 is 1.07 bits per heavy atom. The smallest absolute Gasteiger partial charge is 0.272 e. The van der Waals surface area contributed by atoms with Gasteiger partial charge in [-0.15, -0.1) is 0 Å². The van der Waals surface area contributed by atoms with Crippen molar-refractivity contribution in [1.29, 1.82) is 0 Å². The lowest BCUT2D eigenvalue weighted by Gasteiger charge is -2.31. The highest BCUT2D eigenvalue weighted by atomic mass is 16.2. The van der Waals surface area contributed by atoms with Crippen molar-refractivity contribution < 1.29 is 9.59 Å². The second kappa shape index (κ2) is 9.66. The fourth-order valence-electron chi connectivity index (χ4n) is 3.14. The molecule has 1 aliphatic heterocycles. The zero-order valence-electron chi connectivity index (χ0n) is 15.3. The average molecular weight is 367 g/mol. The van der Waals surface area contributed by atoms with Crippen molar-refractivity contribution in [2.75, 3.05) is 31.5 Å².